The zero-order valence-electron chi connectivity index (χ0n) is 15.3. The average Bonchev–Trinajstić information content (AvgIpc) is 2.78. The summed E-state index contributed by atoms with van der Waals surface area (Å²) in [5, 5.41) is 18.0. The van der Waals surface area contributed by atoms with E-state index < -0.39 is 58.4 Å². The lowest BCUT2D eigenvalue weighted by atomic mass is 10.2. The van der Waals surface area contributed by atoms with E-state index >= 15 is 0 Å². The number of H-pyrrole nitrogens is 1. The number of nitrogens with one attached hydrogen (secondary N) is 1. The molecule has 1 saturated heterocycles. The minimum absolute atomic E-state index is 0.368. The van der Waals surface area contributed by atoms with Crippen LogP contribution in [0.3, 0.4) is 0 Å². The van der Waals surface area contributed by atoms with Gasteiger partial charge in [-0.1, -0.05) is 0 Å². The molecule has 1 aromatic heterocycles. The molecule has 0 aliphatic carbocycles. The van der Waals surface area contributed by atoms with Gasteiger partial charge in [0.2, 0.25) is 0 Å². The molecule has 0 radical (unpaired) electrons. The molecule has 0 aromatic carbocycles. The second-order valence-electron chi connectivity index (χ2n) is 5.29. The third-order valence-corrected chi connectivity index (χ3v) is 3.20. The van der Waals surface area contributed by atoms with Crippen LogP contribution in [0.5, 0.6) is 0 Å². The number of ether oxygens (including phenoxy) is 1. The largest absolute Gasteiger partial charge is 0.466 e. The minimum Gasteiger partial charge on any atom is -0.394 e. The lowest BCUT2D eigenvalue weighted by Crippen LogP contribution is -2.35. The number of aromatic nitrogens is 2. The lowest BCUT2D eigenvalue weighted by Gasteiger charge is -2.16. The topological polar surface area (TPSA) is 338 Å². The first-order valence-corrected chi connectivity index (χ1v) is 12.5. The predicted octanol–water partition coefficient (Wildman–Crippen LogP) is -4.70. The van der Waals surface area contributed by atoms with Crippen molar-refractivity contribution < 1.29 is 72.7 Å². The number of hydrogen-bond acceptors (Lipinski definition) is 9. The number of thiol groups is 1. The van der Waals surface area contributed by atoms with Crippen LogP contribution in [0, 0.1) is 0 Å². The van der Waals surface area contributed by atoms with E-state index in [0.717, 1.165) is 4.57 Å². The maximum atomic E-state index is 11.5. The van der Waals surface area contributed by atoms with Crippen molar-refractivity contribution in [1.82, 2.24) is 9.55 Å². The highest BCUT2D eigenvalue weighted by atomic mass is 32.1. The van der Waals surface area contributed by atoms with Crippen molar-refractivity contribution in [3.63, 3.8) is 0 Å². The maximum absolute atomic E-state index is 11.5. The van der Waals surface area contributed by atoms with Gasteiger partial charge in [0.15, 0.2) is 6.23 Å². The van der Waals surface area contributed by atoms with Crippen LogP contribution >= 0.6 is 36.1 Å². The SMILES string of the molecule is O=P(O)(O)O.O=P(O)(O)O.O=P(O)(O)O.O=c1ccn([C@@H]2O[C@H](CO)[C@@H](O)[C@@H]2S)c(=O)[nH]1. The Kier molecular flexibility index (Phi) is 14.4. The van der Waals surface area contributed by atoms with E-state index in [-0.39, 0.29) is 6.61 Å². The van der Waals surface area contributed by atoms with Crippen molar-refractivity contribution in [2.75, 3.05) is 6.61 Å². The van der Waals surface area contributed by atoms with E-state index in [9.17, 15) is 14.7 Å². The number of hydrogen-bond donors (Lipinski definition) is 13. The van der Waals surface area contributed by atoms with E-state index in [4.69, 9.17) is 67.6 Å². The summed E-state index contributed by atoms with van der Waals surface area (Å²) in [6, 6.07) is 1.17. The van der Waals surface area contributed by atoms with Crippen molar-refractivity contribution in [1.29, 1.82) is 0 Å². The normalized spacial score (nSPS) is 23.0. The molecule has 0 bridgehead atoms. The molecule has 1 aliphatic rings. The monoisotopic (exact) mass is 554 g/mol. The first-order valence-electron chi connectivity index (χ1n) is 7.33. The van der Waals surface area contributed by atoms with Crippen LogP contribution in [-0.2, 0) is 18.4 Å². The van der Waals surface area contributed by atoms with Crippen LogP contribution in [0.4, 0.5) is 0 Å². The van der Waals surface area contributed by atoms with Gasteiger partial charge in [-0.05, 0) is 0 Å². The molecular formula is C9H21N2O17P3S. The number of phosphoric acid groups is 3. The van der Waals surface area contributed by atoms with Crippen molar-refractivity contribution in [2.45, 2.75) is 23.7 Å². The van der Waals surface area contributed by atoms with Gasteiger partial charge in [0.25, 0.3) is 5.56 Å². The van der Waals surface area contributed by atoms with Gasteiger partial charge >= 0.3 is 29.2 Å². The van der Waals surface area contributed by atoms with Crippen LogP contribution < -0.4 is 11.2 Å². The molecule has 32 heavy (non-hydrogen) atoms. The summed E-state index contributed by atoms with van der Waals surface area (Å²) in [5.74, 6) is 0. The molecule has 0 amide bonds. The highest BCUT2D eigenvalue weighted by molar-refractivity contribution is 7.81. The molecule has 2 rings (SSSR count). The lowest BCUT2D eigenvalue weighted by molar-refractivity contribution is -0.0457. The van der Waals surface area contributed by atoms with Crippen molar-refractivity contribution >= 4 is 36.1 Å². The van der Waals surface area contributed by atoms with Crippen LogP contribution in [0.15, 0.2) is 21.9 Å². The molecule has 1 aromatic rings. The summed E-state index contributed by atoms with van der Waals surface area (Å²) in [4.78, 5) is 89.2. The Morgan fingerprint density at radius 3 is 1.59 bits per heavy atom. The van der Waals surface area contributed by atoms with Gasteiger partial charge in [-0.3, -0.25) is 14.3 Å². The van der Waals surface area contributed by atoms with E-state index in [1.54, 1.807) is 0 Å². The molecule has 19 nitrogen and oxygen atoms in total. The zero-order chi connectivity index (χ0) is 26.1. The summed E-state index contributed by atoms with van der Waals surface area (Å²) in [5.41, 5.74) is -1.16. The van der Waals surface area contributed by atoms with Gasteiger partial charge in [0, 0.05) is 12.3 Å². The molecular weight excluding hydrogens is 533 g/mol. The number of nitrogens with zero attached hydrogens (tertiary/aromatic N) is 1. The Morgan fingerprint density at radius 1 is 0.938 bits per heavy atom. The summed E-state index contributed by atoms with van der Waals surface area (Å²) in [6.07, 6.45) is -1.33. The van der Waals surface area contributed by atoms with Gasteiger partial charge in [-0.15, -0.1) is 0 Å². The number of aliphatic hydroxyl groups excluding tert-OH is 2. The van der Waals surface area contributed by atoms with Crippen molar-refractivity contribution in [2.24, 2.45) is 0 Å². The molecule has 0 saturated carbocycles. The summed E-state index contributed by atoms with van der Waals surface area (Å²) in [7, 11) is -13.9. The van der Waals surface area contributed by atoms with Crippen LogP contribution in [0.2, 0.25) is 0 Å². The molecule has 23 heteroatoms. The summed E-state index contributed by atoms with van der Waals surface area (Å²) < 4.78 is 33.1. The second kappa shape index (κ2) is 13.8. The molecule has 4 atom stereocenters. The smallest absolute Gasteiger partial charge is 0.394 e. The van der Waals surface area contributed by atoms with E-state index in [2.05, 4.69) is 17.6 Å². The Bertz CT molecular complexity index is 875. The Labute approximate surface area is 182 Å². The standard InChI is InChI=1S/C9H12N2O5S.3H3O4P/c12-3-4-6(14)7(17)8(16-4)11-2-1-5(13)10-9(11)15;3*1-5(2,3)4/h1-2,4,6-8,12,14,17H,3H2,(H,10,13,15);3*(H3,1,2,3,4)/t4-,6-,7+,8-;;;/m1.../s1. The third kappa shape index (κ3) is 19.9. The number of aromatic amines is 1. The Morgan fingerprint density at radius 2 is 1.31 bits per heavy atom. The average molecular weight is 554 g/mol. The fourth-order valence-corrected chi connectivity index (χ4v) is 2.14. The zero-order valence-corrected chi connectivity index (χ0v) is 18.9. The quantitative estimate of drug-likeness (QED) is 0.121. The van der Waals surface area contributed by atoms with Gasteiger partial charge in [-0.2, -0.15) is 12.6 Å². The molecule has 190 valence electrons. The second-order valence-corrected chi connectivity index (χ2v) is 8.96. The van der Waals surface area contributed by atoms with Gasteiger partial charge in [-0.25, -0.2) is 18.5 Å². The first kappa shape index (κ1) is 33.4. The van der Waals surface area contributed by atoms with Crippen LogP contribution in [0.1, 0.15) is 6.23 Å². The maximum Gasteiger partial charge on any atom is 0.466 e. The molecule has 0 spiro atoms. The first-order chi connectivity index (χ1) is 14.0. The fraction of sp³-hybridized carbons (Fsp3) is 0.556. The van der Waals surface area contributed by atoms with Gasteiger partial charge in [0.1, 0.15) is 6.10 Å². The molecule has 12 N–H and O–H groups in total. The molecule has 1 fully saturated rings. The highest BCUT2D eigenvalue weighted by Gasteiger charge is 2.42. The minimum atomic E-state index is -4.64. The highest BCUT2D eigenvalue weighted by Crippen LogP contribution is 2.31. The molecule has 0 unspecified atom stereocenters. The van der Waals surface area contributed by atoms with E-state index in [1.165, 1.54) is 12.3 Å². The Hall–Kier alpha value is -0.760. The summed E-state index contributed by atoms with van der Waals surface area (Å²) in [6.45, 7) is -0.368. The number of aliphatic hydroxyl groups is 2. The van der Waals surface area contributed by atoms with E-state index in [0.29, 0.717) is 0 Å². The van der Waals surface area contributed by atoms with Gasteiger partial charge < -0.3 is 59.0 Å². The predicted molar refractivity (Wildman–Crippen MR) is 104 cm³/mol. The van der Waals surface area contributed by atoms with E-state index in [1.807, 2.05) is 0 Å². The number of rotatable bonds is 2. The molecule has 2 heterocycles. The van der Waals surface area contributed by atoms with Crippen LogP contribution in [-0.4, -0.2) is 87.9 Å². The third-order valence-electron chi connectivity index (χ3n) is 2.64. The van der Waals surface area contributed by atoms with Gasteiger partial charge in [0.05, 0.1) is 18.0 Å². The fourth-order valence-electron chi connectivity index (χ4n) is 1.74. The van der Waals surface area contributed by atoms with Crippen molar-refractivity contribution in [3.05, 3.63) is 33.1 Å². The Balaban J connectivity index is 0. The molecule has 1 aliphatic heterocycles. The van der Waals surface area contributed by atoms with Crippen LogP contribution in [0.25, 0.3) is 0 Å². The summed E-state index contributed by atoms with van der Waals surface area (Å²) >= 11 is 4.14. The van der Waals surface area contributed by atoms with Crippen molar-refractivity contribution in [3.8, 4) is 0 Å².